The molecular formula is C14H10N4S. The molecule has 2 aromatic carbocycles. The summed E-state index contributed by atoms with van der Waals surface area (Å²) in [5.74, 6) is 0. The average molecular weight is 266 g/mol. The van der Waals surface area contributed by atoms with Crippen LogP contribution in [0.25, 0.3) is 21.3 Å². The Morgan fingerprint density at radius 1 is 0.842 bits per heavy atom. The van der Waals surface area contributed by atoms with Gasteiger partial charge in [0.1, 0.15) is 22.6 Å². The molecule has 0 aliphatic rings. The zero-order valence-electron chi connectivity index (χ0n) is 10.0. The topological polar surface area (TPSA) is 43.6 Å². The molecule has 4 aromatic rings. The van der Waals surface area contributed by atoms with E-state index in [-0.39, 0.29) is 0 Å². The molecule has 0 spiro atoms. The average Bonchev–Trinajstić information content (AvgIpc) is 3.00. The Hall–Kier alpha value is -2.27. The smallest absolute Gasteiger partial charge is 0.117 e. The van der Waals surface area contributed by atoms with Crippen LogP contribution in [-0.2, 0) is 6.54 Å². The summed E-state index contributed by atoms with van der Waals surface area (Å²) in [6.45, 7) is 0.619. The molecule has 4 nitrogen and oxygen atoms in total. The molecule has 2 heterocycles. The van der Waals surface area contributed by atoms with Crippen LogP contribution in [0.3, 0.4) is 0 Å². The number of fused-ring (bicyclic) bond motifs is 2. The predicted molar refractivity (Wildman–Crippen MR) is 76.3 cm³/mol. The van der Waals surface area contributed by atoms with Crippen molar-refractivity contribution in [2.75, 3.05) is 0 Å². The highest BCUT2D eigenvalue weighted by Gasteiger charge is 2.06. The highest BCUT2D eigenvalue weighted by atomic mass is 32.1. The van der Waals surface area contributed by atoms with E-state index >= 15 is 0 Å². The lowest BCUT2D eigenvalue weighted by atomic mass is 10.3. The minimum atomic E-state index is 0.619. The molecule has 5 heteroatoms. The van der Waals surface area contributed by atoms with E-state index in [0.717, 1.165) is 21.6 Å². The lowest BCUT2D eigenvalue weighted by Gasteiger charge is -1.93. The number of hydrogen-bond donors (Lipinski definition) is 0. The van der Waals surface area contributed by atoms with Crippen LogP contribution >= 0.6 is 11.3 Å². The highest BCUT2D eigenvalue weighted by molar-refractivity contribution is 7.18. The maximum Gasteiger partial charge on any atom is 0.117 e. The van der Waals surface area contributed by atoms with Gasteiger partial charge in [-0.15, -0.1) is 11.3 Å². The Balaban J connectivity index is 1.73. The van der Waals surface area contributed by atoms with Gasteiger partial charge in [0.25, 0.3) is 0 Å². The molecule has 19 heavy (non-hydrogen) atoms. The maximum absolute atomic E-state index is 4.60. The molecule has 4 rings (SSSR count). The van der Waals surface area contributed by atoms with Crippen LogP contribution in [0.15, 0.2) is 48.5 Å². The van der Waals surface area contributed by atoms with Crippen LogP contribution in [-0.4, -0.2) is 20.0 Å². The Kier molecular flexibility index (Phi) is 2.31. The number of hydrogen-bond acceptors (Lipinski definition) is 4. The molecule has 0 saturated carbocycles. The standard InChI is InChI=1S/C14H10N4S/c1-2-6-11-10(5-1)16-18(17-11)9-14-15-12-7-3-4-8-13(12)19-14/h1-8H,9H2. The van der Waals surface area contributed by atoms with Gasteiger partial charge in [-0.05, 0) is 24.3 Å². The number of para-hydroxylation sites is 1. The number of nitrogens with zero attached hydrogens (tertiary/aromatic N) is 4. The van der Waals surface area contributed by atoms with Gasteiger partial charge < -0.3 is 0 Å². The minimum absolute atomic E-state index is 0.619. The second-order valence-corrected chi connectivity index (χ2v) is 5.41. The summed E-state index contributed by atoms with van der Waals surface area (Å²) in [7, 11) is 0. The van der Waals surface area contributed by atoms with E-state index < -0.39 is 0 Å². The Morgan fingerprint density at radius 3 is 2.16 bits per heavy atom. The molecule has 0 bridgehead atoms. The van der Waals surface area contributed by atoms with Gasteiger partial charge in [0.15, 0.2) is 0 Å². The summed E-state index contributed by atoms with van der Waals surface area (Å²) in [6.07, 6.45) is 0. The fourth-order valence-corrected chi connectivity index (χ4v) is 3.03. The molecular weight excluding hydrogens is 256 g/mol. The third-order valence-corrected chi connectivity index (χ3v) is 3.96. The van der Waals surface area contributed by atoms with E-state index in [1.54, 1.807) is 16.1 Å². The molecule has 92 valence electrons. The van der Waals surface area contributed by atoms with Crippen molar-refractivity contribution in [3.05, 3.63) is 53.5 Å². The Labute approximate surface area is 113 Å². The van der Waals surface area contributed by atoms with Crippen molar-refractivity contribution >= 4 is 32.6 Å². The number of rotatable bonds is 2. The van der Waals surface area contributed by atoms with Gasteiger partial charge in [0, 0.05) is 0 Å². The number of thiazole rings is 1. The van der Waals surface area contributed by atoms with Crippen LogP contribution in [0.4, 0.5) is 0 Å². The molecule has 0 atom stereocenters. The summed E-state index contributed by atoms with van der Waals surface area (Å²) >= 11 is 1.69. The van der Waals surface area contributed by atoms with Crippen molar-refractivity contribution in [2.45, 2.75) is 6.54 Å². The third-order valence-electron chi connectivity index (χ3n) is 2.94. The molecule has 2 aromatic heterocycles. The van der Waals surface area contributed by atoms with Gasteiger partial charge in [-0.1, -0.05) is 24.3 Å². The van der Waals surface area contributed by atoms with Crippen molar-refractivity contribution in [2.24, 2.45) is 0 Å². The minimum Gasteiger partial charge on any atom is -0.239 e. The van der Waals surface area contributed by atoms with E-state index in [9.17, 15) is 0 Å². The van der Waals surface area contributed by atoms with Crippen LogP contribution in [0, 0.1) is 0 Å². The van der Waals surface area contributed by atoms with E-state index in [1.165, 1.54) is 4.70 Å². The second kappa shape index (κ2) is 4.13. The maximum atomic E-state index is 4.60. The van der Waals surface area contributed by atoms with Crippen LogP contribution in [0.2, 0.25) is 0 Å². The molecule has 0 N–H and O–H groups in total. The predicted octanol–water partition coefficient (Wildman–Crippen LogP) is 3.09. The summed E-state index contributed by atoms with van der Waals surface area (Å²) in [6, 6.07) is 16.0. The first-order valence-electron chi connectivity index (χ1n) is 6.03. The number of aromatic nitrogens is 4. The molecule has 0 fully saturated rings. The lowest BCUT2D eigenvalue weighted by molar-refractivity contribution is 0.599. The second-order valence-electron chi connectivity index (χ2n) is 4.29. The summed E-state index contributed by atoms with van der Waals surface area (Å²) in [5.41, 5.74) is 2.88. The highest BCUT2D eigenvalue weighted by Crippen LogP contribution is 2.22. The Bertz CT molecular complexity index is 724. The zero-order chi connectivity index (χ0) is 12.7. The van der Waals surface area contributed by atoms with E-state index in [2.05, 4.69) is 21.2 Å². The van der Waals surface area contributed by atoms with Gasteiger partial charge in [-0.3, -0.25) is 0 Å². The first-order valence-corrected chi connectivity index (χ1v) is 6.84. The first-order chi connectivity index (χ1) is 9.38. The van der Waals surface area contributed by atoms with Crippen molar-refractivity contribution in [3.63, 3.8) is 0 Å². The van der Waals surface area contributed by atoms with Crippen LogP contribution in [0.1, 0.15) is 5.01 Å². The van der Waals surface area contributed by atoms with E-state index in [0.29, 0.717) is 6.54 Å². The third kappa shape index (κ3) is 1.88. The van der Waals surface area contributed by atoms with Gasteiger partial charge in [0.2, 0.25) is 0 Å². The van der Waals surface area contributed by atoms with Gasteiger partial charge in [-0.25, -0.2) is 4.98 Å². The number of benzene rings is 2. The van der Waals surface area contributed by atoms with Crippen molar-refractivity contribution in [3.8, 4) is 0 Å². The molecule has 0 amide bonds. The quantitative estimate of drug-likeness (QED) is 0.560. The van der Waals surface area contributed by atoms with Crippen LogP contribution < -0.4 is 0 Å². The molecule has 0 saturated heterocycles. The zero-order valence-corrected chi connectivity index (χ0v) is 10.8. The first kappa shape index (κ1) is 10.6. The van der Waals surface area contributed by atoms with Crippen molar-refractivity contribution < 1.29 is 0 Å². The fourth-order valence-electron chi connectivity index (χ4n) is 2.08. The van der Waals surface area contributed by atoms with Crippen molar-refractivity contribution in [1.82, 2.24) is 20.0 Å². The normalized spacial score (nSPS) is 11.4. The molecule has 0 radical (unpaired) electrons. The summed E-state index contributed by atoms with van der Waals surface area (Å²) in [4.78, 5) is 6.31. The van der Waals surface area contributed by atoms with E-state index in [4.69, 9.17) is 0 Å². The van der Waals surface area contributed by atoms with Crippen molar-refractivity contribution in [1.29, 1.82) is 0 Å². The molecule has 0 aliphatic heterocycles. The summed E-state index contributed by atoms with van der Waals surface area (Å²) in [5, 5.41) is 9.93. The fraction of sp³-hybridized carbons (Fsp3) is 0.0714. The molecule has 0 unspecified atom stereocenters. The van der Waals surface area contributed by atoms with E-state index in [1.807, 2.05) is 42.5 Å². The van der Waals surface area contributed by atoms with Gasteiger partial charge >= 0.3 is 0 Å². The SMILES string of the molecule is c1ccc2nn(Cc3nc4ccccc4s3)nc2c1. The molecule has 0 aliphatic carbocycles. The van der Waals surface area contributed by atoms with Crippen LogP contribution in [0.5, 0.6) is 0 Å². The van der Waals surface area contributed by atoms with Gasteiger partial charge in [0.05, 0.1) is 10.2 Å². The Morgan fingerprint density at radius 2 is 1.47 bits per heavy atom. The lowest BCUT2D eigenvalue weighted by Crippen LogP contribution is -2.02. The summed E-state index contributed by atoms with van der Waals surface area (Å²) < 4.78 is 1.20. The largest absolute Gasteiger partial charge is 0.239 e. The monoisotopic (exact) mass is 266 g/mol. The van der Waals surface area contributed by atoms with Gasteiger partial charge in [-0.2, -0.15) is 15.0 Å².